The largest absolute Gasteiger partial charge is 0.0831 e. The van der Waals surface area contributed by atoms with Crippen molar-refractivity contribution in [1.29, 1.82) is 0 Å². The standard InChI is InChI=1S/C14H18/c1-3-10-14(2)11-6-8-12-7-4-5-9-13(12)14/h4-9H,3,10-11H2,1-2H3. The lowest BCUT2D eigenvalue weighted by atomic mass is 9.71. The molecule has 0 heterocycles. The van der Waals surface area contributed by atoms with Crippen molar-refractivity contribution in [2.45, 2.75) is 38.5 Å². The quantitative estimate of drug-likeness (QED) is 0.650. The first-order valence-electron chi connectivity index (χ1n) is 5.52. The van der Waals surface area contributed by atoms with Gasteiger partial charge in [0.05, 0.1) is 0 Å². The minimum Gasteiger partial charge on any atom is -0.0831 e. The van der Waals surface area contributed by atoms with Crippen LogP contribution in [-0.2, 0) is 5.41 Å². The molecule has 0 fully saturated rings. The summed E-state index contributed by atoms with van der Waals surface area (Å²) in [6.45, 7) is 4.66. The third-order valence-corrected chi connectivity index (χ3v) is 3.28. The van der Waals surface area contributed by atoms with Crippen LogP contribution in [0.3, 0.4) is 0 Å². The molecule has 0 amide bonds. The first-order valence-corrected chi connectivity index (χ1v) is 5.52. The van der Waals surface area contributed by atoms with E-state index in [9.17, 15) is 0 Å². The summed E-state index contributed by atoms with van der Waals surface area (Å²) in [4.78, 5) is 0. The lowest BCUT2D eigenvalue weighted by Gasteiger charge is -2.33. The second-order valence-corrected chi connectivity index (χ2v) is 4.50. The Morgan fingerprint density at radius 2 is 2.07 bits per heavy atom. The van der Waals surface area contributed by atoms with Crippen molar-refractivity contribution in [3.63, 3.8) is 0 Å². The SMILES string of the molecule is CCCC1(C)CC=Cc2ccccc21. The lowest BCUT2D eigenvalue weighted by Crippen LogP contribution is -2.23. The highest BCUT2D eigenvalue weighted by molar-refractivity contribution is 5.59. The van der Waals surface area contributed by atoms with E-state index in [-0.39, 0.29) is 0 Å². The van der Waals surface area contributed by atoms with Crippen molar-refractivity contribution in [1.82, 2.24) is 0 Å². The van der Waals surface area contributed by atoms with Gasteiger partial charge in [0.15, 0.2) is 0 Å². The molecule has 0 spiro atoms. The number of allylic oxidation sites excluding steroid dienone is 1. The maximum absolute atomic E-state index is 2.39. The van der Waals surface area contributed by atoms with Crippen LogP contribution in [0.25, 0.3) is 6.08 Å². The lowest BCUT2D eigenvalue weighted by molar-refractivity contribution is 0.429. The van der Waals surface area contributed by atoms with Crippen LogP contribution in [0.15, 0.2) is 30.3 Å². The monoisotopic (exact) mass is 186 g/mol. The fourth-order valence-corrected chi connectivity index (χ4v) is 2.54. The molecule has 0 bridgehead atoms. The van der Waals surface area contributed by atoms with E-state index in [0.29, 0.717) is 5.41 Å². The van der Waals surface area contributed by atoms with E-state index in [1.807, 2.05) is 0 Å². The molecular weight excluding hydrogens is 168 g/mol. The molecule has 1 aliphatic rings. The van der Waals surface area contributed by atoms with Crippen molar-refractivity contribution in [2.24, 2.45) is 0 Å². The Labute approximate surface area is 86.7 Å². The fraction of sp³-hybridized carbons (Fsp3) is 0.429. The molecule has 1 unspecified atom stereocenters. The van der Waals surface area contributed by atoms with Crippen molar-refractivity contribution in [3.8, 4) is 0 Å². The second-order valence-electron chi connectivity index (χ2n) is 4.50. The zero-order valence-electron chi connectivity index (χ0n) is 9.09. The second kappa shape index (κ2) is 3.61. The van der Waals surface area contributed by atoms with Gasteiger partial charge in [-0.2, -0.15) is 0 Å². The highest BCUT2D eigenvalue weighted by Crippen LogP contribution is 2.38. The van der Waals surface area contributed by atoms with E-state index < -0.39 is 0 Å². The van der Waals surface area contributed by atoms with Gasteiger partial charge >= 0.3 is 0 Å². The maximum atomic E-state index is 2.39. The molecule has 0 radical (unpaired) electrons. The van der Waals surface area contributed by atoms with Crippen LogP contribution in [0.2, 0.25) is 0 Å². The molecule has 0 saturated carbocycles. The minimum absolute atomic E-state index is 0.375. The summed E-state index contributed by atoms with van der Waals surface area (Å²) in [5, 5.41) is 0. The molecule has 0 heteroatoms. The van der Waals surface area contributed by atoms with Gasteiger partial charge in [0.2, 0.25) is 0 Å². The molecule has 0 saturated heterocycles. The van der Waals surface area contributed by atoms with E-state index in [1.165, 1.54) is 30.4 Å². The van der Waals surface area contributed by atoms with Gasteiger partial charge in [0.25, 0.3) is 0 Å². The summed E-state index contributed by atoms with van der Waals surface area (Å²) in [5.41, 5.74) is 3.32. The molecule has 0 aromatic heterocycles. The summed E-state index contributed by atoms with van der Waals surface area (Å²) in [6.07, 6.45) is 8.32. The van der Waals surface area contributed by atoms with Crippen LogP contribution < -0.4 is 0 Å². The number of rotatable bonds is 2. The highest BCUT2D eigenvalue weighted by Gasteiger charge is 2.28. The summed E-state index contributed by atoms with van der Waals surface area (Å²) in [6, 6.07) is 8.79. The van der Waals surface area contributed by atoms with Gasteiger partial charge in [0.1, 0.15) is 0 Å². The highest BCUT2D eigenvalue weighted by atomic mass is 14.3. The summed E-state index contributed by atoms with van der Waals surface area (Å²) < 4.78 is 0. The molecule has 1 aromatic carbocycles. The Kier molecular flexibility index (Phi) is 2.45. The Morgan fingerprint density at radius 1 is 1.29 bits per heavy atom. The molecule has 0 N–H and O–H groups in total. The Morgan fingerprint density at radius 3 is 2.86 bits per heavy atom. The predicted molar refractivity (Wildman–Crippen MR) is 62.4 cm³/mol. The van der Waals surface area contributed by atoms with Crippen molar-refractivity contribution in [2.75, 3.05) is 0 Å². The van der Waals surface area contributed by atoms with E-state index in [4.69, 9.17) is 0 Å². The Hall–Kier alpha value is -1.04. The van der Waals surface area contributed by atoms with E-state index >= 15 is 0 Å². The molecule has 2 rings (SSSR count). The average molecular weight is 186 g/mol. The smallest absolute Gasteiger partial charge is 0.00349 e. The summed E-state index contributed by atoms with van der Waals surface area (Å²) in [7, 11) is 0. The van der Waals surface area contributed by atoms with Gasteiger partial charge < -0.3 is 0 Å². The number of benzene rings is 1. The van der Waals surface area contributed by atoms with Gasteiger partial charge in [-0.25, -0.2) is 0 Å². The van der Waals surface area contributed by atoms with Crippen molar-refractivity contribution in [3.05, 3.63) is 41.5 Å². The van der Waals surface area contributed by atoms with Crippen LogP contribution in [0, 0.1) is 0 Å². The normalized spacial score (nSPS) is 24.7. The maximum Gasteiger partial charge on any atom is -0.00349 e. The number of fused-ring (bicyclic) bond motifs is 1. The fourth-order valence-electron chi connectivity index (χ4n) is 2.54. The van der Waals surface area contributed by atoms with E-state index in [1.54, 1.807) is 0 Å². The van der Waals surface area contributed by atoms with Crippen LogP contribution in [0.5, 0.6) is 0 Å². The molecular formula is C14H18. The molecule has 1 atom stereocenters. The number of hydrogen-bond donors (Lipinski definition) is 0. The zero-order valence-corrected chi connectivity index (χ0v) is 9.09. The van der Waals surface area contributed by atoms with E-state index in [2.05, 4.69) is 50.3 Å². The summed E-state index contributed by atoms with van der Waals surface area (Å²) in [5.74, 6) is 0. The van der Waals surface area contributed by atoms with Gasteiger partial charge in [0, 0.05) is 0 Å². The van der Waals surface area contributed by atoms with Crippen LogP contribution >= 0.6 is 0 Å². The van der Waals surface area contributed by atoms with Gasteiger partial charge in [-0.15, -0.1) is 0 Å². The molecule has 74 valence electrons. The molecule has 1 aromatic rings. The molecule has 0 nitrogen and oxygen atoms in total. The van der Waals surface area contributed by atoms with Crippen LogP contribution in [-0.4, -0.2) is 0 Å². The van der Waals surface area contributed by atoms with Gasteiger partial charge in [-0.05, 0) is 29.4 Å². The Bertz CT molecular complexity index is 349. The van der Waals surface area contributed by atoms with Crippen molar-refractivity contribution >= 4 is 6.08 Å². The van der Waals surface area contributed by atoms with Crippen LogP contribution in [0.4, 0.5) is 0 Å². The van der Waals surface area contributed by atoms with E-state index in [0.717, 1.165) is 0 Å². The van der Waals surface area contributed by atoms with Gasteiger partial charge in [-0.1, -0.05) is 56.7 Å². The molecule has 14 heavy (non-hydrogen) atoms. The molecule has 0 aliphatic heterocycles. The van der Waals surface area contributed by atoms with Gasteiger partial charge in [-0.3, -0.25) is 0 Å². The van der Waals surface area contributed by atoms with Crippen molar-refractivity contribution < 1.29 is 0 Å². The third-order valence-electron chi connectivity index (χ3n) is 3.28. The average Bonchev–Trinajstić information content (AvgIpc) is 2.19. The van der Waals surface area contributed by atoms with Crippen LogP contribution in [0.1, 0.15) is 44.2 Å². The zero-order chi connectivity index (χ0) is 10.0. The predicted octanol–water partition coefficient (Wildman–Crippen LogP) is 4.16. The first-order chi connectivity index (χ1) is 6.76. The molecule has 1 aliphatic carbocycles. The number of hydrogen-bond acceptors (Lipinski definition) is 0. The summed E-state index contributed by atoms with van der Waals surface area (Å²) >= 11 is 0. The first kappa shape index (κ1) is 9.51. The topological polar surface area (TPSA) is 0 Å². The Balaban J connectivity index is 2.44. The third kappa shape index (κ3) is 1.50. The minimum atomic E-state index is 0.375.